The maximum atomic E-state index is 12.8. The molecule has 0 unspecified atom stereocenters. The minimum Gasteiger partial charge on any atom is -0.503 e. The van der Waals surface area contributed by atoms with Gasteiger partial charge in [0.25, 0.3) is 0 Å². The molecule has 0 heterocycles. The van der Waals surface area contributed by atoms with Crippen LogP contribution in [-0.4, -0.2) is 5.11 Å². The van der Waals surface area contributed by atoms with E-state index in [4.69, 9.17) is 5.11 Å². The highest BCUT2D eigenvalue weighted by Crippen LogP contribution is 2.24. The predicted molar refractivity (Wildman–Crippen MR) is 37.5 cm³/mol. The number of aromatic hydroxyl groups is 1. The van der Waals surface area contributed by atoms with E-state index < -0.39 is 17.4 Å². The van der Waals surface area contributed by atoms with Crippen LogP contribution in [0.1, 0.15) is 11.1 Å². The topological polar surface area (TPSA) is 20.2 Å². The summed E-state index contributed by atoms with van der Waals surface area (Å²) in [7, 11) is 0. The smallest absolute Gasteiger partial charge is 0.188 e. The number of phenols is 1. The maximum absolute atomic E-state index is 12.8. The van der Waals surface area contributed by atoms with Crippen LogP contribution in [0.2, 0.25) is 0 Å². The Labute approximate surface area is 63.3 Å². The van der Waals surface area contributed by atoms with E-state index in [2.05, 4.69) is 0 Å². The zero-order valence-electron chi connectivity index (χ0n) is 6.28. The van der Waals surface area contributed by atoms with Gasteiger partial charge < -0.3 is 5.11 Å². The second-order valence-electron chi connectivity index (χ2n) is 2.46. The third kappa shape index (κ3) is 1.18. The molecule has 0 aliphatic carbocycles. The zero-order valence-corrected chi connectivity index (χ0v) is 6.28. The fourth-order valence-electron chi connectivity index (χ4n) is 0.822. The van der Waals surface area contributed by atoms with Crippen molar-refractivity contribution in [2.24, 2.45) is 0 Å². The first-order valence-corrected chi connectivity index (χ1v) is 3.18. The molecule has 1 nitrogen and oxygen atoms in total. The van der Waals surface area contributed by atoms with Crippen molar-refractivity contribution in [2.75, 3.05) is 0 Å². The minimum absolute atomic E-state index is 0.281. The van der Waals surface area contributed by atoms with Gasteiger partial charge in [0.15, 0.2) is 17.4 Å². The van der Waals surface area contributed by atoms with Crippen molar-refractivity contribution in [3.8, 4) is 5.75 Å². The Morgan fingerprint density at radius 2 is 1.82 bits per heavy atom. The fourth-order valence-corrected chi connectivity index (χ4v) is 0.822. The second kappa shape index (κ2) is 2.49. The molecule has 0 saturated heterocycles. The van der Waals surface area contributed by atoms with Crippen LogP contribution >= 0.6 is 0 Å². The van der Waals surface area contributed by atoms with Crippen LogP contribution in [0.3, 0.4) is 0 Å². The molecule has 0 aromatic heterocycles. The zero-order chi connectivity index (χ0) is 8.59. The van der Waals surface area contributed by atoms with E-state index >= 15 is 0 Å². The Hall–Kier alpha value is -1.12. The molecule has 0 radical (unpaired) electrons. The Kier molecular flexibility index (Phi) is 1.81. The molecule has 0 saturated carbocycles. The first-order chi connectivity index (χ1) is 5.04. The number of halogens is 2. The summed E-state index contributed by atoms with van der Waals surface area (Å²) in [5.41, 5.74) is 0.779. The van der Waals surface area contributed by atoms with E-state index in [1.807, 2.05) is 0 Å². The van der Waals surface area contributed by atoms with Crippen molar-refractivity contribution >= 4 is 0 Å². The molecule has 1 aromatic rings. The molecule has 0 spiro atoms. The SMILES string of the molecule is Cc1cc(F)c(O)c(F)c1C. The Morgan fingerprint density at radius 3 is 2.36 bits per heavy atom. The summed E-state index contributed by atoms with van der Waals surface area (Å²) < 4.78 is 25.3. The lowest BCUT2D eigenvalue weighted by molar-refractivity contribution is 0.393. The molecular formula is C8H8F2O. The molecule has 0 aliphatic rings. The van der Waals surface area contributed by atoms with Crippen LogP contribution in [0, 0.1) is 25.5 Å². The number of phenolic OH excluding ortho intramolecular Hbond substituents is 1. The molecule has 0 fully saturated rings. The largest absolute Gasteiger partial charge is 0.503 e. The summed E-state index contributed by atoms with van der Waals surface area (Å²) in [6, 6.07) is 1.10. The van der Waals surface area contributed by atoms with Gasteiger partial charge in [-0.25, -0.2) is 8.78 Å². The Balaban J connectivity index is 3.46. The van der Waals surface area contributed by atoms with Crippen molar-refractivity contribution in [2.45, 2.75) is 13.8 Å². The maximum Gasteiger partial charge on any atom is 0.188 e. The number of hydrogen-bond donors (Lipinski definition) is 1. The van der Waals surface area contributed by atoms with Gasteiger partial charge in [-0.2, -0.15) is 0 Å². The molecule has 1 aromatic carbocycles. The van der Waals surface area contributed by atoms with Crippen LogP contribution in [0.5, 0.6) is 5.75 Å². The van der Waals surface area contributed by atoms with E-state index in [9.17, 15) is 8.78 Å². The second-order valence-corrected chi connectivity index (χ2v) is 2.46. The van der Waals surface area contributed by atoms with Gasteiger partial charge in [0.2, 0.25) is 0 Å². The van der Waals surface area contributed by atoms with Gasteiger partial charge in [-0.1, -0.05) is 0 Å². The third-order valence-electron chi connectivity index (χ3n) is 1.70. The number of aryl methyl sites for hydroxylation is 1. The van der Waals surface area contributed by atoms with Crippen molar-refractivity contribution in [3.05, 3.63) is 28.8 Å². The standard InChI is InChI=1S/C8H8F2O/c1-4-3-6(9)8(11)7(10)5(4)2/h3,11H,1-2H3. The lowest BCUT2D eigenvalue weighted by Crippen LogP contribution is -1.91. The third-order valence-corrected chi connectivity index (χ3v) is 1.70. The first-order valence-electron chi connectivity index (χ1n) is 3.18. The molecule has 3 heteroatoms. The summed E-state index contributed by atoms with van der Waals surface area (Å²) >= 11 is 0. The summed E-state index contributed by atoms with van der Waals surface area (Å²) in [4.78, 5) is 0. The summed E-state index contributed by atoms with van der Waals surface area (Å²) in [6.07, 6.45) is 0. The summed E-state index contributed by atoms with van der Waals surface area (Å²) in [5.74, 6) is -2.68. The highest BCUT2D eigenvalue weighted by atomic mass is 19.1. The van der Waals surface area contributed by atoms with Crippen LogP contribution in [-0.2, 0) is 0 Å². The van der Waals surface area contributed by atoms with Crippen LogP contribution in [0.15, 0.2) is 6.07 Å². The molecule has 11 heavy (non-hydrogen) atoms. The Morgan fingerprint density at radius 1 is 1.27 bits per heavy atom. The average molecular weight is 158 g/mol. The number of rotatable bonds is 0. The molecule has 0 amide bonds. The van der Waals surface area contributed by atoms with Gasteiger partial charge in [-0.3, -0.25) is 0 Å². The first kappa shape index (κ1) is 7.98. The van der Waals surface area contributed by atoms with E-state index in [1.54, 1.807) is 6.92 Å². The number of hydrogen-bond acceptors (Lipinski definition) is 1. The normalized spacial score (nSPS) is 10.2. The average Bonchev–Trinajstić information content (AvgIpc) is 1.97. The molecule has 60 valence electrons. The van der Waals surface area contributed by atoms with E-state index in [1.165, 1.54) is 6.92 Å². The molecule has 1 N–H and O–H groups in total. The van der Waals surface area contributed by atoms with E-state index in [0.717, 1.165) is 6.07 Å². The van der Waals surface area contributed by atoms with Gasteiger partial charge >= 0.3 is 0 Å². The van der Waals surface area contributed by atoms with Crippen LogP contribution in [0.4, 0.5) is 8.78 Å². The summed E-state index contributed by atoms with van der Waals surface area (Å²) in [5, 5.41) is 8.76. The number of benzene rings is 1. The van der Waals surface area contributed by atoms with Crippen molar-refractivity contribution in [3.63, 3.8) is 0 Å². The fraction of sp³-hybridized carbons (Fsp3) is 0.250. The quantitative estimate of drug-likeness (QED) is 0.614. The van der Waals surface area contributed by atoms with Gasteiger partial charge in [-0.05, 0) is 31.0 Å². The highest BCUT2D eigenvalue weighted by molar-refractivity contribution is 5.36. The van der Waals surface area contributed by atoms with Gasteiger partial charge in [0.1, 0.15) is 0 Å². The predicted octanol–water partition coefficient (Wildman–Crippen LogP) is 2.29. The molecule has 0 bridgehead atoms. The molecule has 1 rings (SSSR count). The summed E-state index contributed by atoms with van der Waals surface area (Å²) in [6.45, 7) is 3.07. The monoisotopic (exact) mass is 158 g/mol. The molecular weight excluding hydrogens is 150 g/mol. The van der Waals surface area contributed by atoms with Gasteiger partial charge in [0.05, 0.1) is 0 Å². The van der Waals surface area contributed by atoms with Gasteiger partial charge in [0, 0.05) is 0 Å². The lowest BCUT2D eigenvalue weighted by Gasteiger charge is -2.03. The highest BCUT2D eigenvalue weighted by Gasteiger charge is 2.11. The van der Waals surface area contributed by atoms with Crippen LogP contribution < -0.4 is 0 Å². The molecule has 0 aliphatic heterocycles. The van der Waals surface area contributed by atoms with E-state index in [0.29, 0.717) is 5.56 Å². The van der Waals surface area contributed by atoms with Gasteiger partial charge in [-0.15, -0.1) is 0 Å². The lowest BCUT2D eigenvalue weighted by atomic mass is 10.1. The van der Waals surface area contributed by atoms with Crippen molar-refractivity contribution < 1.29 is 13.9 Å². The van der Waals surface area contributed by atoms with E-state index in [-0.39, 0.29) is 5.56 Å². The van der Waals surface area contributed by atoms with Crippen molar-refractivity contribution in [1.29, 1.82) is 0 Å². The Bertz CT molecular complexity index is 268. The van der Waals surface area contributed by atoms with Crippen molar-refractivity contribution in [1.82, 2.24) is 0 Å². The molecule has 0 atom stereocenters. The minimum atomic E-state index is -0.911. The van der Waals surface area contributed by atoms with Crippen LogP contribution in [0.25, 0.3) is 0 Å².